The second-order valence-corrected chi connectivity index (χ2v) is 6.92. The van der Waals surface area contributed by atoms with Crippen LogP contribution in [0.5, 0.6) is 0 Å². The number of nitro benzene ring substituents is 1. The molecule has 0 atom stereocenters. The van der Waals surface area contributed by atoms with Gasteiger partial charge in [0.1, 0.15) is 5.02 Å². The molecule has 2 aromatic heterocycles. The molecule has 27 heavy (non-hydrogen) atoms. The van der Waals surface area contributed by atoms with E-state index in [0.29, 0.717) is 5.69 Å². The maximum atomic E-state index is 12.6. The number of benzene rings is 2. The van der Waals surface area contributed by atoms with Crippen LogP contribution in [0.25, 0.3) is 16.2 Å². The number of hydrogen-bond donors (Lipinski definition) is 1. The summed E-state index contributed by atoms with van der Waals surface area (Å²) in [6, 6.07) is 11.2. The van der Waals surface area contributed by atoms with Gasteiger partial charge in [-0.3, -0.25) is 19.3 Å². The molecule has 1 N–H and O–H groups in total. The van der Waals surface area contributed by atoms with E-state index < -0.39 is 10.8 Å². The summed E-state index contributed by atoms with van der Waals surface area (Å²) in [7, 11) is 0. The molecule has 7 nitrogen and oxygen atoms in total. The highest BCUT2D eigenvalue weighted by Crippen LogP contribution is 2.30. The Morgan fingerprint density at radius 1 is 1.26 bits per heavy atom. The Balaban J connectivity index is 1.67. The predicted molar refractivity (Wildman–Crippen MR) is 105 cm³/mol. The van der Waals surface area contributed by atoms with Crippen LogP contribution >= 0.6 is 22.9 Å². The van der Waals surface area contributed by atoms with Gasteiger partial charge in [-0.25, -0.2) is 4.98 Å². The van der Waals surface area contributed by atoms with Crippen molar-refractivity contribution < 1.29 is 9.72 Å². The summed E-state index contributed by atoms with van der Waals surface area (Å²) in [5.74, 6) is -0.469. The van der Waals surface area contributed by atoms with Crippen LogP contribution in [0.4, 0.5) is 11.4 Å². The van der Waals surface area contributed by atoms with Crippen molar-refractivity contribution in [3.63, 3.8) is 0 Å². The molecule has 0 fully saturated rings. The number of carbonyl (C=O) groups is 1. The van der Waals surface area contributed by atoms with Gasteiger partial charge in [0.25, 0.3) is 11.6 Å². The fraction of sp³-hybridized carbons (Fsp3) is 0. The van der Waals surface area contributed by atoms with Gasteiger partial charge in [0.15, 0.2) is 4.96 Å². The molecule has 0 radical (unpaired) electrons. The molecular formula is C18H11ClN4O3S. The molecule has 0 bridgehead atoms. The Kier molecular flexibility index (Phi) is 4.35. The first-order valence-electron chi connectivity index (χ1n) is 7.80. The molecule has 0 aliphatic heterocycles. The minimum Gasteiger partial charge on any atom is -0.321 e. The lowest BCUT2D eigenvalue weighted by Gasteiger charge is -2.09. The molecule has 9 heteroatoms. The van der Waals surface area contributed by atoms with Crippen molar-refractivity contribution in [2.75, 3.05) is 5.32 Å². The second kappa shape index (κ2) is 6.82. The van der Waals surface area contributed by atoms with Gasteiger partial charge in [0, 0.05) is 35.0 Å². The molecule has 0 saturated carbocycles. The number of hydrogen-bond acceptors (Lipinski definition) is 5. The topological polar surface area (TPSA) is 89.5 Å². The number of fused-ring (bicyclic) bond motifs is 1. The molecule has 2 heterocycles. The summed E-state index contributed by atoms with van der Waals surface area (Å²) in [4.78, 5) is 28.4. The van der Waals surface area contributed by atoms with Crippen molar-refractivity contribution in [2.24, 2.45) is 0 Å². The lowest BCUT2D eigenvalue weighted by molar-refractivity contribution is -0.384. The van der Waals surface area contributed by atoms with E-state index in [-0.39, 0.29) is 16.3 Å². The maximum Gasteiger partial charge on any atom is 0.288 e. The number of para-hydroxylation sites is 1. The molecular weight excluding hydrogens is 388 g/mol. The molecule has 4 aromatic rings. The third-order valence-corrected chi connectivity index (χ3v) is 5.04. The first-order valence-corrected chi connectivity index (χ1v) is 9.05. The predicted octanol–water partition coefficient (Wildman–Crippen LogP) is 4.88. The Morgan fingerprint density at radius 2 is 2.07 bits per heavy atom. The summed E-state index contributed by atoms with van der Waals surface area (Å²) >= 11 is 7.32. The lowest BCUT2D eigenvalue weighted by Crippen LogP contribution is -2.13. The monoisotopic (exact) mass is 398 g/mol. The lowest BCUT2D eigenvalue weighted by atomic mass is 10.1. The fourth-order valence-electron chi connectivity index (χ4n) is 2.66. The van der Waals surface area contributed by atoms with Crippen molar-refractivity contribution in [1.82, 2.24) is 9.38 Å². The number of nitro groups is 1. The summed E-state index contributed by atoms with van der Waals surface area (Å²) in [5, 5.41) is 15.7. The van der Waals surface area contributed by atoms with Crippen LogP contribution in [0.15, 0.2) is 60.2 Å². The molecule has 0 unspecified atom stereocenters. The van der Waals surface area contributed by atoms with Crippen molar-refractivity contribution in [1.29, 1.82) is 0 Å². The summed E-state index contributed by atoms with van der Waals surface area (Å²) in [6.45, 7) is 0. The van der Waals surface area contributed by atoms with Crippen molar-refractivity contribution in [3.05, 3.63) is 80.9 Å². The van der Waals surface area contributed by atoms with E-state index in [9.17, 15) is 14.9 Å². The van der Waals surface area contributed by atoms with Crippen molar-refractivity contribution in [2.45, 2.75) is 0 Å². The second-order valence-electron chi connectivity index (χ2n) is 5.64. The number of amides is 1. The van der Waals surface area contributed by atoms with E-state index in [4.69, 9.17) is 11.6 Å². The van der Waals surface area contributed by atoms with Crippen LogP contribution in [-0.4, -0.2) is 20.2 Å². The third kappa shape index (κ3) is 3.27. The number of rotatable bonds is 4. The van der Waals surface area contributed by atoms with E-state index in [1.54, 1.807) is 12.1 Å². The van der Waals surface area contributed by atoms with Gasteiger partial charge in [-0.05, 0) is 18.2 Å². The Hall–Kier alpha value is -3.23. The van der Waals surface area contributed by atoms with Crippen LogP contribution in [-0.2, 0) is 0 Å². The quantitative estimate of drug-likeness (QED) is 0.392. The highest BCUT2D eigenvalue weighted by atomic mass is 35.5. The molecule has 1 amide bonds. The van der Waals surface area contributed by atoms with E-state index in [1.165, 1.54) is 23.5 Å². The molecule has 134 valence electrons. The number of thiazole rings is 1. The van der Waals surface area contributed by atoms with Crippen LogP contribution in [0.3, 0.4) is 0 Å². The number of nitrogens with one attached hydrogen (secondary N) is 1. The number of anilines is 1. The molecule has 2 aromatic carbocycles. The number of carbonyl (C=O) groups excluding carboxylic acids is 1. The number of halogens is 1. The smallest absolute Gasteiger partial charge is 0.288 e. The van der Waals surface area contributed by atoms with E-state index in [1.807, 2.05) is 34.3 Å². The highest BCUT2D eigenvalue weighted by molar-refractivity contribution is 7.15. The van der Waals surface area contributed by atoms with Crippen LogP contribution in [0.1, 0.15) is 10.4 Å². The molecule has 0 spiro atoms. The van der Waals surface area contributed by atoms with Crippen LogP contribution < -0.4 is 5.32 Å². The molecule has 0 aliphatic carbocycles. The van der Waals surface area contributed by atoms with Crippen LogP contribution in [0, 0.1) is 10.1 Å². The highest BCUT2D eigenvalue weighted by Gasteiger charge is 2.18. The summed E-state index contributed by atoms with van der Waals surface area (Å²) in [5.41, 5.74) is 1.87. The first-order chi connectivity index (χ1) is 13.0. The normalized spacial score (nSPS) is 10.9. The summed E-state index contributed by atoms with van der Waals surface area (Å²) in [6.07, 6.45) is 3.79. The Bertz CT molecular complexity index is 1160. The average molecular weight is 399 g/mol. The van der Waals surface area contributed by atoms with Gasteiger partial charge in [0.05, 0.1) is 16.3 Å². The maximum absolute atomic E-state index is 12.6. The Morgan fingerprint density at radius 3 is 2.85 bits per heavy atom. The fourth-order valence-corrected chi connectivity index (χ4v) is 3.55. The van der Waals surface area contributed by atoms with E-state index in [0.717, 1.165) is 22.3 Å². The van der Waals surface area contributed by atoms with Gasteiger partial charge in [-0.1, -0.05) is 29.8 Å². The zero-order chi connectivity index (χ0) is 19.0. The number of nitrogens with zero attached hydrogens (tertiary/aromatic N) is 3. The molecule has 0 aliphatic rings. The van der Waals surface area contributed by atoms with Crippen molar-refractivity contribution in [3.8, 4) is 11.3 Å². The number of aromatic nitrogens is 2. The Labute approximate surface area is 162 Å². The number of imidazole rings is 1. The van der Waals surface area contributed by atoms with Crippen LogP contribution in [0.2, 0.25) is 5.02 Å². The summed E-state index contributed by atoms with van der Waals surface area (Å²) < 4.78 is 1.90. The SMILES string of the molecule is O=C(Nc1ccccc1-c1cn2ccsc2n1)c1ccc(Cl)c([N+](=O)[O-])c1. The van der Waals surface area contributed by atoms with E-state index in [2.05, 4.69) is 10.3 Å². The van der Waals surface area contributed by atoms with Gasteiger partial charge in [-0.15, -0.1) is 11.3 Å². The van der Waals surface area contributed by atoms with Gasteiger partial charge in [0.2, 0.25) is 0 Å². The van der Waals surface area contributed by atoms with Gasteiger partial charge in [-0.2, -0.15) is 0 Å². The van der Waals surface area contributed by atoms with E-state index >= 15 is 0 Å². The largest absolute Gasteiger partial charge is 0.321 e. The third-order valence-electron chi connectivity index (χ3n) is 3.95. The zero-order valence-corrected chi connectivity index (χ0v) is 15.2. The molecule has 4 rings (SSSR count). The van der Waals surface area contributed by atoms with Gasteiger partial charge < -0.3 is 5.32 Å². The zero-order valence-electron chi connectivity index (χ0n) is 13.6. The average Bonchev–Trinajstić information content (AvgIpc) is 3.24. The van der Waals surface area contributed by atoms with Gasteiger partial charge >= 0.3 is 0 Å². The van der Waals surface area contributed by atoms with Crippen molar-refractivity contribution >= 4 is 45.2 Å². The first kappa shape index (κ1) is 17.2. The minimum atomic E-state index is -0.620. The minimum absolute atomic E-state index is 0.0185. The standard InChI is InChI=1S/C18H11ClN4O3S/c19-13-6-5-11(9-16(13)23(25)26)17(24)20-14-4-2-1-3-12(14)15-10-22-7-8-27-18(22)21-15/h1-10H,(H,20,24). The molecule has 0 saturated heterocycles.